The van der Waals surface area contributed by atoms with Gasteiger partial charge in [0.05, 0.1) is 0 Å². The van der Waals surface area contributed by atoms with Crippen LogP contribution in [0.15, 0.2) is 42.2 Å². The van der Waals surface area contributed by atoms with Crippen molar-refractivity contribution >= 4 is 6.08 Å². The lowest BCUT2D eigenvalue weighted by Crippen LogP contribution is -2.37. The fourth-order valence-corrected chi connectivity index (χ4v) is 3.63. The number of rotatable bonds is 4. The number of benzene rings is 1. The Morgan fingerprint density at radius 1 is 1.29 bits per heavy atom. The van der Waals surface area contributed by atoms with E-state index in [1.807, 2.05) is 18.2 Å². The van der Waals surface area contributed by atoms with Crippen molar-refractivity contribution < 1.29 is 9.84 Å². The molecule has 0 saturated carbocycles. The fraction of sp³-hybridized carbons (Fsp3) is 0.421. The summed E-state index contributed by atoms with van der Waals surface area (Å²) in [5, 5.41) is 10.4. The molecule has 0 radical (unpaired) electrons. The Kier molecular flexibility index (Phi) is 4.36. The smallest absolute Gasteiger partial charge is 0.135 e. The molecule has 1 aromatic carbocycles. The van der Waals surface area contributed by atoms with Crippen LogP contribution in [-0.2, 0) is 0 Å². The number of aliphatic hydroxyl groups excluding tert-OH is 1. The van der Waals surface area contributed by atoms with Crippen LogP contribution in [0, 0.1) is 5.92 Å². The van der Waals surface area contributed by atoms with E-state index in [9.17, 15) is 5.11 Å². The molecule has 0 amide bonds. The van der Waals surface area contributed by atoms with Gasteiger partial charge < -0.3 is 14.8 Å². The van der Waals surface area contributed by atoms with Crippen molar-refractivity contribution in [1.82, 2.24) is 14.9 Å². The lowest BCUT2D eigenvalue weighted by Gasteiger charge is -2.34. The molecule has 24 heavy (non-hydrogen) atoms. The van der Waals surface area contributed by atoms with Crippen molar-refractivity contribution in [1.29, 1.82) is 0 Å². The van der Waals surface area contributed by atoms with Gasteiger partial charge in [-0.15, -0.1) is 0 Å². The summed E-state index contributed by atoms with van der Waals surface area (Å²) in [6, 6.07) is 8.17. The van der Waals surface area contributed by atoms with Gasteiger partial charge in [-0.1, -0.05) is 18.2 Å². The molecule has 0 spiro atoms. The molecule has 1 unspecified atom stereocenters. The molecular formula is C19H23N3O2. The maximum absolute atomic E-state index is 10.4. The molecule has 1 aromatic heterocycles. The SMILES string of the molecule is OC(c1ncc[nH]1)C1CCN(CC2=Cc3ccccc3OC2)CC1. The van der Waals surface area contributed by atoms with Gasteiger partial charge in [0.25, 0.3) is 0 Å². The summed E-state index contributed by atoms with van der Waals surface area (Å²) in [5.74, 6) is 1.94. The number of hydrogen-bond donors (Lipinski definition) is 2. The number of fused-ring (bicyclic) bond motifs is 1. The van der Waals surface area contributed by atoms with Crippen LogP contribution in [-0.4, -0.2) is 46.2 Å². The van der Waals surface area contributed by atoms with E-state index in [0.29, 0.717) is 12.4 Å². The third-order valence-electron chi connectivity index (χ3n) is 5.00. The Morgan fingerprint density at radius 2 is 2.12 bits per heavy atom. The predicted molar refractivity (Wildman–Crippen MR) is 92.6 cm³/mol. The molecule has 4 rings (SSSR count). The number of likely N-dealkylation sites (tertiary alicyclic amines) is 1. The van der Waals surface area contributed by atoms with Crippen LogP contribution in [0.4, 0.5) is 0 Å². The van der Waals surface area contributed by atoms with E-state index in [2.05, 4.69) is 27.0 Å². The molecule has 5 nitrogen and oxygen atoms in total. The molecule has 1 saturated heterocycles. The van der Waals surface area contributed by atoms with Crippen molar-refractivity contribution in [2.45, 2.75) is 18.9 Å². The van der Waals surface area contributed by atoms with Crippen LogP contribution in [0.1, 0.15) is 30.3 Å². The minimum Gasteiger partial charge on any atom is -0.489 e. The molecule has 2 aromatic rings. The van der Waals surface area contributed by atoms with E-state index in [4.69, 9.17) is 4.74 Å². The Hall–Kier alpha value is -2.11. The zero-order valence-corrected chi connectivity index (χ0v) is 13.7. The molecule has 1 atom stereocenters. The highest BCUT2D eigenvalue weighted by Gasteiger charge is 2.28. The van der Waals surface area contributed by atoms with Crippen molar-refractivity contribution in [3.05, 3.63) is 53.6 Å². The Labute approximate surface area is 142 Å². The lowest BCUT2D eigenvalue weighted by molar-refractivity contribution is 0.0554. The number of aromatic nitrogens is 2. The number of piperidine rings is 1. The zero-order valence-electron chi connectivity index (χ0n) is 13.7. The van der Waals surface area contributed by atoms with Crippen LogP contribution in [0.25, 0.3) is 6.08 Å². The quantitative estimate of drug-likeness (QED) is 0.907. The van der Waals surface area contributed by atoms with Crippen LogP contribution in [0.3, 0.4) is 0 Å². The first-order valence-corrected chi connectivity index (χ1v) is 8.60. The van der Waals surface area contributed by atoms with E-state index >= 15 is 0 Å². The van der Waals surface area contributed by atoms with Crippen LogP contribution < -0.4 is 4.74 Å². The van der Waals surface area contributed by atoms with E-state index in [1.165, 1.54) is 11.1 Å². The number of ether oxygens (including phenoxy) is 1. The minimum atomic E-state index is -0.480. The Balaban J connectivity index is 1.33. The second-order valence-electron chi connectivity index (χ2n) is 6.66. The molecule has 2 aliphatic heterocycles. The standard InChI is InChI=1S/C19H23N3O2/c23-18(19-20-7-8-21-19)15-5-9-22(10-6-15)12-14-11-16-3-1-2-4-17(16)24-13-14/h1-4,7-8,11,15,18,23H,5-6,9-10,12-13H2,(H,20,21). The summed E-state index contributed by atoms with van der Waals surface area (Å²) < 4.78 is 5.84. The number of imidazole rings is 1. The first-order valence-electron chi connectivity index (χ1n) is 8.60. The first kappa shape index (κ1) is 15.4. The lowest BCUT2D eigenvalue weighted by atomic mass is 9.90. The van der Waals surface area contributed by atoms with Crippen molar-refractivity contribution in [2.24, 2.45) is 5.92 Å². The van der Waals surface area contributed by atoms with Gasteiger partial charge >= 0.3 is 0 Å². The van der Waals surface area contributed by atoms with E-state index < -0.39 is 6.10 Å². The summed E-state index contributed by atoms with van der Waals surface area (Å²) in [6.45, 7) is 3.62. The largest absolute Gasteiger partial charge is 0.489 e. The number of nitrogens with one attached hydrogen (secondary N) is 1. The van der Waals surface area contributed by atoms with Crippen molar-refractivity contribution in [3.8, 4) is 5.75 Å². The average molecular weight is 325 g/mol. The fourth-order valence-electron chi connectivity index (χ4n) is 3.63. The second kappa shape index (κ2) is 6.79. The monoisotopic (exact) mass is 325 g/mol. The van der Waals surface area contributed by atoms with Gasteiger partial charge in [0.2, 0.25) is 0 Å². The molecule has 3 heterocycles. The summed E-state index contributed by atoms with van der Waals surface area (Å²) in [7, 11) is 0. The summed E-state index contributed by atoms with van der Waals surface area (Å²) in [4.78, 5) is 9.65. The Bertz CT molecular complexity index is 703. The van der Waals surface area contributed by atoms with E-state index in [0.717, 1.165) is 38.2 Å². The second-order valence-corrected chi connectivity index (χ2v) is 6.66. The van der Waals surface area contributed by atoms with Crippen molar-refractivity contribution in [3.63, 3.8) is 0 Å². The van der Waals surface area contributed by atoms with Crippen LogP contribution in [0.5, 0.6) is 5.75 Å². The molecule has 0 aliphatic carbocycles. The van der Waals surface area contributed by atoms with E-state index in [1.54, 1.807) is 12.4 Å². The van der Waals surface area contributed by atoms with Crippen LogP contribution >= 0.6 is 0 Å². The maximum atomic E-state index is 10.4. The van der Waals surface area contributed by atoms with Gasteiger partial charge in [-0.2, -0.15) is 0 Å². The number of aliphatic hydroxyl groups is 1. The molecule has 2 aliphatic rings. The maximum Gasteiger partial charge on any atom is 0.135 e. The van der Waals surface area contributed by atoms with Gasteiger partial charge in [-0.25, -0.2) is 4.98 Å². The van der Waals surface area contributed by atoms with Gasteiger partial charge in [-0.3, -0.25) is 4.90 Å². The number of nitrogens with zero attached hydrogens (tertiary/aromatic N) is 2. The molecule has 5 heteroatoms. The number of para-hydroxylation sites is 1. The van der Waals surface area contributed by atoms with Gasteiger partial charge in [-0.05, 0) is 49.6 Å². The summed E-state index contributed by atoms with van der Waals surface area (Å²) in [6.07, 6.45) is 7.22. The topological polar surface area (TPSA) is 61.4 Å². The zero-order chi connectivity index (χ0) is 16.4. The van der Waals surface area contributed by atoms with Gasteiger partial charge in [0, 0.05) is 24.5 Å². The highest BCUT2D eigenvalue weighted by atomic mass is 16.5. The number of hydrogen-bond acceptors (Lipinski definition) is 4. The molecule has 2 N–H and O–H groups in total. The highest BCUT2D eigenvalue weighted by molar-refractivity contribution is 5.62. The first-order chi connectivity index (χ1) is 11.8. The van der Waals surface area contributed by atoms with Gasteiger partial charge in [0.1, 0.15) is 24.3 Å². The van der Waals surface area contributed by atoms with Crippen molar-refractivity contribution in [2.75, 3.05) is 26.2 Å². The average Bonchev–Trinajstić information content (AvgIpc) is 3.16. The number of aromatic amines is 1. The summed E-state index contributed by atoms with van der Waals surface area (Å²) >= 11 is 0. The molecule has 0 bridgehead atoms. The van der Waals surface area contributed by atoms with E-state index in [-0.39, 0.29) is 5.92 Å². The molecule has 1 fully saturated rings. The number of H-pyrrole nitrogens is 1. The predicted octanol–water partition coefficient (Wildman–Crippen LogP) is 2.63. The third kappa shape index (κ3) is 3.23. The molecule has 126 valence electrons. The third-order valence-corrected chi connectivity index (χ3v) is 5.00. The normalized spacial score (nSPS) is 20.1. The molecular weight excluding hydrogens is 302 g/mol. The highest BCUT2D eigenvalue weighted by Crippen LogP contribution is 2.30. The summed E-state index contributed by atoms with van der Waals surface area (Å²) in [5.41, 5.74) is 2.49. The Morgan fingerprint density at radius 3 is 2.92 bits per heavy atom. The van der Waals surface area contributed by atoms with Gasteiger partial charge in [0.15, 0.2) is 0 Å². The minimum absolute atomic E-state index is 0.282. The van der Waals surface area contributed by atoms with Crippen LogP contribution in [0.2, 0.25) is 0 Å².